The lowest BCUT2D eigenvalue weighted by atomic mass is 10.2. The summed E-state index contributed by atoms with van der Waals surface area (Å²) in [5, 5.41) is 11.0. The first-order valence-corrected chi connectivity index (χ1v) is 5.52. The number of carboxylic acid groups (broad SMARTS) is 1. The number of nitrogens with two attached hydrogens (primary N) is 1. The second kappa shape index (κ2) is 7.29. The molecule has 98 valence electrons. The second-order valence-corrected chi connectivity index (χ2v) is 3.66. The zero-order valence-corrected chi connectivity index (χ0v) is 9.83. The predicted octanol–water partition coefficient (Wildman–Crippen LogP) is -0.0164. The van der Waals surface area contributed by atoms with Crippen LogP contribution in [-0.2, 0) is 9.59 Å². The highest BCUT2D eigenvalue weighted by atomic mass is 16.5. The maximum Gasteiger partial charge on any atom is 0.305 e. The van der Waals surface area contributed by atoms with Gasteiger partial charge in [-0.1, -0.05) is 18.2 Å². The van der Waals surface area contributed by atoms with Crippen LogP contribution in [0.2, 0.25) is 0 Å². The Kier molecular flexibility index (Phi) is 5.66. The molecular weight excluding hydrogens is 236 g/mol. The topological polar surface area (TPSA) is 102 Å². The van der Waals surface area contributed by atoms with E-state index in [1.165, 1.54) is 0 Å². The predicted molar refractivity (Wildman–Crippen MR) is 65.2 cm³/mol. The standard InChI is InChI=1S/C12H16N2O4/c13-10(8-11(15)16)12(17)14-6-7-18-9-4-2-1-3-5-9/h1-5,10H,6-8,13H2,(H,14,17)(H,15,16)/t10-/m1/s1. The third kappa shape index (κ3) is 5.31. The lowest BCUT2D eigenvalue weighted by Crippen LogP contribution is -2.43. The number of hydrogen-bond donors (Lipinski definition) is 3. The van der Waals surface area contributed by atoms with Gasteiger partial charge in [-0.05, 0) is 12.1 Å². The van der Waals surface area contributed by atoms with Crippen LogP contribution in [0.15, 0.2) is 30.3 Å². The molecule has 0 saturated carbocycles. The normalized spacial score (nSPS) is 11.6. The van der Waals surface area contributed by atoms with Gasteiger partial charge in [-0.3, -0.25) is 9.59 Å². The number of hydrogen-bond acceptors (Lipinski definition) is 4. The number of benzene rings is 1. The van der Waals surface area contributed by atoms with E-state index in [-0.39, 0.29) is 13.0 Å². The van der Waals surface area contributed by atoms with Crippen LogP contribution in [0.25, 0.3) is 0 Å². The summed E-state index contributed by atoms with van der Waals surface area (Å²) in [6.45, 7) is 0.580. The molecule has 0 aliphatic heterocycles. The molecule has 4 N–H and O–H groups in total. The van der Waals surface area contributed by atoms with Crippen molar-refractivity contribution in [3.8, 4) is 5.75 Å². The summed E-state index contributed by atoms with van der Waals surface area (Å²) in [6, 6.07) is 8.14. The van der Waals surface area contributed by atoms with E-state index in [4.69, 9.17) is 15.6 Å². The van der Waals surface area contributed by atoms with Gasteiger partial charge < -0.3 is 20.9 Å². The van der Waals surface area contributed by atoms with E-state index in [0.717, 1.165) is 0 Å². The minimum absolute atomic E-state index is 0.279. The quantitative estimate of drug-likeness (QED) is 0.592. The SMILES string of the molecule is N[C@H](CC(=O)O)C(=O)NCCOc1ccccc1. The van der Waals surface area contributed by atoms with Gasteiger partial charge >= 0.3 is 5.97 Å². The lowest BCUT2D eigenvalue weighted by molar-refractivity contribution is -0.139. The molecule has 1 aromatic carbocycles. The van der Waals surface area contributed by atoms with Crippen LogP contribution in [0.3, 0.4) is 0 Å². The van der Waals surface area contributed by atoms with Crippen LogP contribution in [-0.4, -0.2) is 36.2 Å². The molecule has 0 aromatic heterocycles. The van der Waals surface area contributed by atoms with Crippen molar-refractivity contribution in [3.05, 3.63) is 30.3 Å². The average molecular weight is 252 g/mol. The van der Waals surface area contributed by atoms with Crippen molar-refractivity contribution in [1.29, 1.82) is 0 Å². The van der Waals surface area contributed by atoms with E-state index in [0.29, 0.717) is 12.4 Å². The maximum absolute atomic E-state index is 11.3. The second-order valence-electron chi connectivity index (χ2n) is 3.66. The fourth-order valence-corrected chi connectivity index (χ4v) is 1.27. The van der Waals surface area contributed by atoms with Crippen molar-refractivity contribution in [2.24, 2.45) is 5.73 Å². The van der Waals surface area contributed by atoms with Crippen LogP contribution in [0, 0.1) is 0 Å². The fraction of sp³-hybridized carbons (Fsp3) is 0.333. The number of carbonyl (C=O) groups is 2. The third-order valence-corrected chi connectivity index (χ3v) is 2.14. The Morgan fingerprint density at radius 2 is 2.00 bits per heavy atom. The zero-order chi connectivity index (χ0) is 13.4. The van der Waals surface area contributed by atoms with E-state index in [9.17, 15) is 9.59 Å². The number of nitrogens with one attached hydrogen (secondary N) is 1. The van der Waals surface area contributed by atoms with Crippen molar-refractivity contribution < 1.29 is 19.4 Å². The highest BCUT2D eigenvalue weighted by molar-refractivity contribution is 5.85. The third-order valence-electron chi connectivity index (χ3n) is 2.14. The molecule has 0 aliphatic rings. The summed E-state index contributed by atoms with van der Waals surface area (Å²) in [7, 11) is 0. The van der Waals surface area contributed by atoms with E-state index < -0.39 is 17.9 Å². The highest BCUT2D eigenvalue weighted by Crippen LogP contribution is 2.07. The zero-order valence-electron chi connectivity index (χ0n) is 9.83. The van der Waals surface area contributed by atoms with Crippen LogP contribution < -0.4 is 15.8 Å². The van der Waals surface area contributed by atoms with Gasteiger partial charge in [0.2, 0.25) is 5.91 Å². The minimum Gasteiger partial charge on any atom is -0.492 e. The smallest absolute Gasteiger partial charge is 0.305 e. The number of amides is 1. The summed E-state index contributed by atoms with van der Waals surface area (Å²) in [6.07, 6.45) is -0.384. The van der Waals surface area contributed by atoms with Crippen LogP contribution in [0.5, 0.6) is 5.75 Å². The van der Waals surface area contributed by atoms with Crippen LogP contribution in [0.1, 0.15) is 6.42 Å². The minimum atomic E-state index is -1.10. The van der Waals surface area contributed by atoms with E-state index in [1.807, 2.05) is 18.2 Å². The Labute approximate surface area is 105 Å². The van der Waals surface area contributed by atoms with Crippen LogP contribution in [0.4, 0.5) is 0 Å². The van der Waals surface area contributed by atoms with E-state index in [2.05, 4.69) is 5.32 Å². The number of para-hydroxylation sites is 1. The molecule has 6 nitrogen and oxygen atoms in total. The first kappa shape index (κ1) is 14.0. The van der Waals surface area contributed by atoms with Gasteiger partial charge in [0, 0.05) is 0 Å². The van der Waals surface area contributed by atoms with Crippen molar-refractivity contribution in [3.63, 3.8) is 0 Å². The Morgan fingerprint density at radius 1 is 1.33 bits per heavy atom. The monoisotopic (exact) mass is 252 g/mol. The molecule has 1 aromatic rings. The van der Waals surface area contributed by atoms with Crippen molar-refractivity contribution >= 4 is 11.9 Å². The van der Waals surface area contributed by atoms with Gasteiger partial charge in [0.25, 0.3) is 0 Å². The van der Waals surface area contributed by atoms with E-state index >= 15 is 0 Å². The summed E-state index contributed by atoms with van der Waals surface area (Å²) in [5.74, 6) is -0.881. The average Bonchev–Trinajstić information content (AvgIpc) is 2.34. The molecule has 1 rings (SSSR count). The molecule has 6 heteroatoms. The molecular formula is C12H16N2O4. The first-order valence-electron chi connectivity index (χ1n) is 5.52. The highest BCUT2D eigenvalue weighted by Gasteiger charge is 2.16. The largest absolute Gasteiger partial charge is 0.492 e. The van der Waals surface area contributed by atoms with E-state index in [1.54, 1.807) is 12.1 Å². The van der Waals surface area contributed by atoms with Gasteiger partial charge in [0.15, 0.2) is 0 Å². The number of carbonyl (C=O) groups excluding carboxylic acids is 1. The molecule has 1 atom stereocenters. The summed E-state index contributed by atoms with van der Waals surface area (Å²) in [5.41, 5.74) is 5.38. The molecule has 0 bridgehead atoms. The van der Waals surface area contributed by atoms with Gasteiger partial charge in [0.05, 0.1) is 19.0 Å². The van der Waals surface area contributed by atoms with Gasteiger partial charge in [-0.2, -0.15) is 0 Å². The Morgan fingerprint density at radius 3 is 2.61 bits per heavy atom. The van der Waals surface area contributed by atoms with Gasteiger partial charge in [-0.25, -0.2) is 0 Å². The molecule has 0 aliphatic carbocycles. The molecule has 1 amide bonds. The van der Waals surface area contributed by atoms with Crippen LogP contribution >= 0.6 is 0 Å². The first-order chi connectivity index (χ1) is 8.59. The summed E-state index contributed by atoms with van der Waals surface area (Å²) >= 11 is 0. The molecule has 0 saturated heterocycles. The molecule has 0 radical (unpaired) electrons. The summed E-state index contributed by atoms with van der Waals surface area (Å²) < 4.78 is 5.35. The van der Waals surface area contributed by atoms with Crippen molar-refractivity contribution in [2.75, 3.05) is 13.2 Å². The number of ether oxygens (including phenoxy) is 1. The van der Waals surface area contributed by atoms with Crippen molar-refractivity contribution in [1.82, 2.24) is 5.32 Å². The van der Waals surface area contributed by atoms with Gasteiger partial charge in [-0.15, -0.1) is 0 Å². The van der Waals surface area contributed by atoms with Gasteiger partial charge in [0.1, 0.15) is 12.4 Å². The number of rotatable bonds is 7. The Balaban J connectivity index is 2.18. The Bertz CT molecular complexity index is 394. The van der Waals surface area contributed by atoms with Crippen molar-refractivity contribution in [2.45, 2.75) is 12.5 Å². The maximum atomic E-state index is 11.3. The molecule has 0 spiro atoms. The lowest BCUT2D eigenvalue weighted by Gasteiger charge is -2.10. The molecule has 0 fully saturated rings. The number of aliphatic carboxylic acids is 1. The molecule has 0 unspecified atom stereocenters. The Hall–Kier alpha value is -2.08. The number of carboxylic acids is 1. The molecule has 0 heterocycles. The molecule has 18 heavy (non-hydrogen) atoms. The summed E-state index contributed by atoms with van der Waals surface area (Å²) in [4.78, 5) is 21.7. The fourth-order valence-electron chi connectivity index (χ4n) is 1.27.